The number of benzene rings is 1. The Morgan fingerprint density at radius 2 is 1.74 bits per heavy atom. The zero-order chi connectivity index (χ0) is 16.4. The van der Waals surface area contributed by atoms with Gasteiger partial charge in [0.15, 0.2) is 10.9 Å². The molecule has 2 aliphatic rings. The van der Waals surface area contributed by atoms with Crippen LogP contribution in [0.25, 0.3) is 0 Å². The maximum Gasteiger partial charge on any atom is 0.331 e. The maximum atomic E-state index is 11.5. The van der Waals surface area contributed by atoms with Gasteiger partial charge in [0.2, 0.25) is 0 Å². The number of hydrogen-bond acceptors (Lipinski definition) is 6. The van der Waals surface area contributed by atoms with Crippen molar-refractivity contribution >= 4 is 34.6 Å². The lowest BCUT2D eigenvalue weighted by Gasteiger charge is -2.28. The highest BCUT2D eigenvalue weighted by Gasteiger charge is 2.31. The number of allylic oxidation sites excluding steroid dienone is 1. The Bertz CT molecular complexity index is 672. The van der Waals surface area contributed by atoms with Gasteiger partial charge in [-0.1, -0.05) is 35.3 Å². The van der Waals surface area contributed by atoms with Gasteiger partial charge < -0.3 is 20.3 Å². The molecule has 0 atom stereocenters. The number of anilines is 2. The van der Waals surface area contributed by atoms with E-state index < -0.39 is 4.92 Å². The number of fused-ring (bicyclic) bond motifs is 1. The van der Waals surface area contributed by atoms with E-state index in [4.69, 9.17) is 27.9 Å². The first-order valence-electron chi connectivity index (χ1n) is 6.98. The molecule has 9 heteroatoms. The summed E-state index contributed by atoms with van der Waals surface area (Å²) in [6.45, 7) is 2.09. The van der Waals surface area contributed by atoms with Crippen molar-refractivity contribution in [2.45, 2.75) is 0 Å². The van der Waals surface area contributed by atoms with Crippen LogP contribution in [0.5, 0.6) is 0 Å². The average molecular weight is 357 g/mol. The smallest absolute Gasteiger partial charge is 0.331 e. The summed E-state index contributed by atoms with van der Waals surface area (Å²) in [7, 11) is 0. The topological polar surface area (TPSA) is 79.7 Å². The largest absolute Gasteiger partial charge is 0.378 e. The van der Waals surface area contributed by atoms with E-state index in [1.54, 1.807) is 4.90 Å². The molecule has 0 saturated carbocycles. The van der Waals surface area contributed by atoms with Crippen molar-refractivity contribution in [3.8, 4) is 0 Å². The van der Waals surface area contributed by atoms with Gasteiger partial charge in [0.05, 0.1) is 29.5 Å². The number of ether oxygens (including phenoxy) is 1. The summed E-state index contributed by atoms with van der Waals surface area (Å²) in [5.74, 6) is 0.201. The van der Waals surface area contributed by atoms with E-state index in [0.717, 1.165) is 11.4 Å². The van der Waals surface area contributed by atoms with Crippen molar-refractivity contribution in [1.82, 2.24) is 4.90 Å². The summed E-state index contributed by atoms with van der Waals surface area (Å²) in [6.07, 6.45) is 0. The van der Waals surface area contributed by atoms with Gasteiger partial charge in [0, 0.05) is 13.1 Å². The second-order valence-electron chi connectivity index (χ2n) is 4.98. The van der Waals surface area contributed by atoms with E-state index >= 15 is 0 Å². The third-order valence-electron chi connectivity index (χ3n) is 3.54. The van der Waals surface area contributed by atoms with Crippen LogP contribution in [0, 0.1) is 10.1 Å². The van der Waals surface area contributed by atoms with E-state index in [-0.39, 0.29) is 21.7 Å². The predicted octanol–water partition coefficient (Wildman–Crippen LogP) is 2.95. The van der Waals surface area contributed by atoms with Crippen molar-refractivity contribution in [3.05, 3.63) is 56.1 Å². The quantitative estimate of drug-likeness (QED) is 0.492. The zero-order valence-electron chi connectivity index (χ0n) is 12.0. The Kier molecular flexibility index (Phi) is 4.61. The first-order chi connectivity index (χ1) is 11.1. The summed E-state index contributed by atoms with van der Waals surface area (Å²) in [4.78, 5) is 12.7. The lowest BCUT2D eigenvalue weighted by atomic mass is 10.3. The molecular weight excluding hydrogens is 343 g/mol. The van der Waals surface area contributed by atoms with Crippen LogP contribution in [-0.2, 0) is 4.74 Å². The molecule has 0 aliphatic carbocycles. The SMILES string of the molecule is O=[N+]([O-])C(=C1Nc2ccccc2N1)C(Cl)=C(Cl)N1CCOCC1. The summed E-state index contributed by atoms with van der Waals surface area (Å²) in [5.41, 5.74) is 1.20. The molecule has 2 aliphatic heterocycles. The number of morpholine rings is 1. The average Bonchev–Trinajstić information content (AvgIpc) is 2.98. The van der Waals surface area contributed by atoms with Crippen LogP contribution in [0.3, 0.4) is 0 Å². The Hall–Kier alpha value is -1.96. The fraction of sp³-hybridized carbons (Fsp3) is 0.286. The Morgan fingerprint density at radius 1 is 1.17 bits per heavy atom. The molecule has 2 heterocycles. The molecule has 23 heavy (non-hydrogen) atoms. The van der Waals surface area contributed by atoms with Gasteiger partial charge in [-0.05, 0) is 12.1 Å². The Labute approximate surface area is 142 Å². The number of halogens is 2. The zero-order valence-corrected chi connectivity index (χ0v) is 13.5. The van der Waals surface area contributed by atoms with Gasteiger partial charge in [0.1, 0.15) is 5.16 Å². The van der Waals surface area contributed by atoms with E-state index in [0.29, 0.717) is 26.3 Å². The molecule has 7 nitrogen and oxygen atoms in total. The summed E-state index contributed by atoms with van der Waals surface area (Å²) >= 11 is 12.5. The van der Waals surface area contributed by atoms with Crippen molar-refractivity contribution < 1.29 is 9.66 Å². The fourth-order valence-corrected chi connectivity index (χ4v) is 2.94. The van der Waals surface area contributed by atoms with Crippen LogP contribution in [0.4, 0.5) is 11.4 Å². The molecule has 0 radical (unpaired) electrons. The number of nitrogens with one attached hydrogen (secondary N) is 2. The van der Waals surface area contributed by atoms with Crippen molar-refractivity contribution in [3.63, 3.8) is 0 Å². The summed E-state index contributed by atoms with van der Waals surface area (Å²) in [6, 6.07) is 7.29. The van der Waals surface area contributed by atoms with E-state index in [9.17, 15) is 10.1 Å². The Balaban J connectivity index is 1.96. The molecular formula is C14H14Cl2N4O3. The number of nitro groups is 1. The highest BCUT2D eigenvalue weighted by atomic mass is 35.5. The third kappa shape index (κ3) is 3.21. The molecule has 1 aromatic rings. The van der Waals surface area contributed by atoms with E-state index in [1.165, 1.54) is 0 Å². The summed E-state index contributed by atoms with van der Waals surface area (Å²) in [5, 5.41) is 17.5. The first kappa shape index (κ1) is 15.9. The van der Waals surface area contributed by atoms with Gasteiger partial charge in [0.25, 0.3) is 0 Å². The van der Waals surface area contributed by atoms with Crippen LogP contribution in [0.1, 0.15) is 0 Å². The predicted molar refractivity (Wildman–Crippen MR) is 88.8 cm³/mol. The number of hydrogen-bond donors (Lipinski definition) is 2. The summed E-state index contributed by atoms with van der Waals surface area (Å²) < 4.78 is 5.24. The van der Waals surface area contributed by atoms with Crippen LogP contribution in [0.15, 0.2) is 46.0 Å². The maximum absolute atomic E-state index is 11.5. The van der Waals surface area contributed by atoms with E-state index in [1.807, 2.05) is 24.3 Å². The first-order valence-corrected chi connectivity index (χ1v) is 7.73. The molecule has 2 N–H and O–H groups in total. The molecule has 0 unspecified atom stereocenters. The lowest BCUT2D eigenvalue weighted by molar-refractivity contribution is -0.420. The highest BCUT2D eigenvalue weighted by molar-refractivity contribution is 6.40. The molecule has 1 fully saturated rings. The van der Waals surface area contributed by atoms with E-state index in [2.05, 4.69) is 10.6 Å². The van der Waals surface area contributed by atoms with Crippen molar-refractivity contribution in [1.29, 1.82) is 0 Å². The molecule has 0 spiro atoms. The second-order valence-corrected chi connectivity index (χ2v) is 5.72. The second kappa shape index (κ2) is 6.66. The molecule has 0 aromatic heterocycles. The lowest BCUT2D eigenvalue weighted by Crippen LogP contribution is -2.35. The molecule has 122 valence electrons. The monoisotopic (exact) mass is 356 g/mol. The van der Waals surface area contributed by atoms with Crippen LogP contribution >= 0.6 is 23.2 Å². The van der Waals surface area contributed by atoms with Crippen molar-refractivity contribution in [2.24, 2.45) is 0 Å². The van der Waals surface area contributed by atoms with Gasteiger partial charge in [-0.3, -0.25) is 10.1 Å². The van der Waals surface area contributed by atoms with Gasteiger partial charge >= 0.3 is 5.70 Å². The van der Waals surface area contributed by atoms with Crippen LogP contribution < -0.4 is 10.6 Å². The normalized spacial score (nSPS) is 17.8. The number of rotatable bonds is 3. The molecule has 0 bridgehead atoms. The van der Waals surface area contributed by atoms with Gasteiger partial charge in [-0.25, -0.2) is 0 Å². The van der Waals surface area contributed by atoms with Crippen LogP contribution in [0.2, 0.25) is 0 Å². The van der Waals surface area contributed by atoms with Gasteiger partial charge in [-0.15, -0.1) is 0 Å². The highest BCUT2D eigenvalue weighted by Crippen LogP contribution is 2.35. The minimum Gasteiger partial charge on any atom is -0.378 e. The fourth-order valence-electron chi connectivity index (χ4n) is 2.40. The number of nitrogens with zero attached hydrogens (tertiary/aromatic N) is 2. The molecule has 1 saturated heterocycles. The standard InChI is InChI=1S/C14H14Cl2N4O3/c15-11(13(16)19-5-7-23-8-6-19)12(20(21)22)14-17-9-3-1-2-4-10(9)18-14/h1-4,17-18H,5-8H2. The minimum atomic E-state index is -0.549. The third-order valence-corrected chi connectivity index (χ3v) is 4.43. The minimum absolute atomic E-state index is 0.110. The molecule has 3 rings (SSSR count). The Morgan fingerprint density at radius 3 is 2.26 bits per heavy atom. The molecule has 0 amide bonds. The molecule has 1 aromatic carbocycles. The number of para-hydroxylation sites is 2. The van der Waals surface area contributed by atoms with Gasteiger partial charge in [-0.2, -0.15) is 0 Å². The van der Waals surface area contributed by atoms with Crippen molar-refractivity contribution in [2.75, 3.05) is 36.9 Å². The van der Waals surface area contributed by atoms with Crippen LogP contribution in [-0.4, -0.2) is 36.1 Å².